The topological polar surface area (TPSA) is 66.8 Å². The summed E-state index contributed by atoms with van der Waals surface area (Å²) < 4.78 is 5.72. The van der Waals surface area contributed by atoms with E-state index < -0.39 is 18.1 Å². The maximum atomic E-state index is 12.4. The molecule has 1 aromatic carbocycles. The summed E-state index contributed by atoms with van der Waals surface area (Å²) in [5.74, 6) is -0.192. The minimum Gasteiger partial charge on any atom is -0.481 e. The number of benzene rings is 1. The Kier molecular flexibility index (Phi) is 5.06. The molecule has 0 saturated carbocycles. The first kappa shape index (κ1) is 16.3. The Morgan fingerprint density at radius 1 is 1.32 bits per heavy atom. The van der Waals surface area contributed by atoms with Gasteiger partial charge in [-0.25, -0.2) is 4.79 Å². The fraction of sp³-hybridized carbons (Fsp3) is 0.529. The molecule has 1 fully saturated rings. The van der Waals surface area contributed by atoms with Crippen molar-refractivity contribution in [3.8, 4) is 5.75 Å². The molecule has 5 nitrogen and oxygen atoms in total. The summed E-state index contributed by atoms with van der Waals surface area (Å²) in [5.41, 5.74) is 1.14. The molecule has 1 amide bonds. The van der Waals surface area contributed by atoms with Crippen molar-refractivity contribution in [1.29, 1.82) is 0 Å². The van der Waals surface area contributed by atoms with Crippen LogP contribution in [0.5, 0.6) is 5.75 Å². The third-order valence-electron chi connectivity index (χ3n) is 4.01. The predicted octanol–water partition coefficient (Wildman–Crippen LogP) is 2.65. The van der Waals surface area contributed by atoms with Gasteiger partial charge in [0.05, 0.1) is 0 Å². The van der Waals surface area contributed by atoms with Crippen LogP contribution in [0.15, 0.2) is 24.3 Å². The van der Waals surface area contributed by atoms with E-state index in [0.29, 0.717) is 24.6 Å². The number of likely N-dealkylation sites (tertiary alicyclic amines) is 1. The van der Waals surface area contributed by atoms with E-state index in [1.807, 2.05) is 24.3 Å². The van der Waals surface area contributed by atoms with Gasteiger partial charge in [0.25, 0.3) is 5.91 Å². The molecule has 1 heterocycles. The van der Waals surface area contributed by atoms with E-state index in [2.05, 4.69) is 13.8 Å². The molecule has 1 saturated heterocycles. The molecule has 2 atom stereocenters. The van der Waals surface area contributed by atoms with Crippen molar-refractivity contribution in [3.63, 3.8) is 0 Å². The van der Waals surface area contributed by atoms with Crippen LogP contribution < -0.4 is 4.74 Å². The van der Waals surface area contributed by atoms with E-state index in [-0.39, 0.29) is 5.91 Å². The van der Waals surface area contributed by atoms with Gasteiger partial charge in [0.1, 0.15) is 11.8 Å². The molecule has 22 heavy (non-hydrogen) atoms. The van der Waals surface area contributed by atoms with E-state index in [9.17, 15) is 9.59 Å². The number of carboxylic acid groups (broad SMARTS) is 1. The number of hydrogen-bond acceptors (Lipinski definition) is 3. The summed E-state index contributed by atoms with van der Waals surface area (Å²) in [6.07, 6.45) is 0.539. The Hall–Kier alpha value is -2.04. The highest BCUT2D eigenvalue weighted by Gasteiger charge is 2.36. The molecule has 0 spiro atoms. The molecule has 1 unspecified atom stereocenters. The molecule has 5 heteroatoms. The quantitative estimate of drug-likeness (QED) is 0.908. The van der Waals surface area contributed by atoms with Gasteiger partial charge in [0, 0.05) is 6.54 Å². The van der Waals surface area contributed by atoms with Crippen LogP contribution >= 0.6 is 0 Å². The molecule has 1 aliphatic rings. The molecular formula is C17H23NO4. The summed E-state index contributed by atoms with van der Waals surface area (Å²) >= 11 is 0. The maximum absolute atomic E-state index is 12.4. The number of ether oxygens (including phenoxy) is 1. The minimum atomic E-state index is -0.945. The second-order valence-corrected chi connectivity index (χ2v) is 6.02. The third kappa shape index (κ3) is 3.59. The third-order valence-corrected chi connectivity index (χ3v) is 4.01. The maximum Gasteiger partial charge on any atom is 0.326 e. The van der Waals surface area contributed by atoms with E-state index >= 15 is 0 Å². The van der Waals surface area contributed by atoms with Gasteiger partial charge >= 0.3 is 5.97 Å². The van der Waals surface area contributed by atoms with Gasteiger partial charge in [0.2, 0.25) is 0 Å². The number of nitrogens with zero attached hydrogens (tertiary/aromatic N) is 1. The molecule has 0 aliphatic carbocycles. The fourth-order valence-corrected chi connectivity index (χ4v) is 2.72. The van der Waals surface area contributed by atoms with Gasteiger partial charge < -0.3 is 14.7 Å². The van der Waals surface area contributed by atoms with Gasteiger partial charge in [0.15, 0.2) is 6.10 Å². The van der Waals surface area contributed by atoms with E-state index in [1.165, 1.54) is 4.90 Å². The van der Waals surface area contributed by atoms with Crippen molar-refractivity contribution >= 4 is 11.9 Å². The predicted molar refractivity (Wildman–Crippen MR) is 83.0 cm³/mol. The highest BCUT2D eigenvalue weighted by Crippen LogP contribution is 2.23. The number of carbonyl (C=O) groups is 2. The lowest BCUT2D eigenvalue weighted by atomic mass is 10.0. The average molecular weight is 305 g/mol. The molecule has 0 aromatic heterocycles. The Bertz CT molecular complexity index is 555. The van der Waals surface area contributed by atoms with Crippen LogP contribution in [0.4, 0.5) is 0 Å². The normalized spacial score (nSPS) is 19.3. The molecule has 0 bridgehead atoms. The zero-order chi connectivity index (χ0) is 16.3. The summed E-state index contributed by atoms with van der Waals surface area (Å²) in [6, 6.07) is 6.94. The Morgan fingerprint density at radius 2 is 2.05 bits per heavy atom. The SMILES string of the molecule is CC(Oc1cccc(C(C)C)c1)C(=O)N1CCC[C@H]1C(=O)O. The molecule has 2 rings (SSSR count). The van der Waals surface area contributed by atoms with Crippen LogP contribution in [0.25, 0.3) is 0 Å². The zero-order valence-corrected chi connectivity index (χ0v) is 13.3. The van der Waals surface area contributed by atoms with E-state index in [1.54, 1.807) is 6.92 Å². The van der Waals surface area contributed by atoms with Crippen LogP contribution in [0.2, 0.25) is 0 Å². The number of aliphatic carboxylic acids is 1. The van der Waals surface area contributed by atoms with Crippen LogP contribution in [-0.2, 0) is 9.59 Å². The largest absolute Gasteiger partial charge is 0.481 e. The smallest absolute Gasteiger partial charge is 0.326 e. The lowest BCUT2D eigenvalue weighted by Crippen LogP contribution is -2.46. The summed E-state index contributed by atoms with van der Waals surface area (Å²) in [4.78, 5) is 25.0. The van der Waals surface area contributed by atoms with Crippen LogP contribution in [0.1, 0.15) is 45.1 Å². The highest BCUT2D eigenvalue weighted by molar-refractivity contribution is 5.87. The van der Waals surface area contributed by atoms with Gasteiger partial charge in [-0.05, 0) is 43.4 Å². The second kappa shape index (κ2) is 6.81. The van der Waals surface area contributed by atoms with Crippen molar-refractivity contribution in [2.75, 3.05) is 6.54 Å². The first-order valence-corrected chi connectivity index (χ1v) is 7.70. The molecule has 0 radical (unpaired) electrons. The molecule has 1 aromatic rings. The van der Waals surface area contributed by atoms with Crippen LogP contribution in [-0.4, -0.2) is 40.6 Å². The highest BCUT2D eigenvalue weighted by atomic mass is 16.5. The van der Waals surface area contributed by atoms with Gasteiger partial charge in [-0.1, -0.05) is 26.0 Å². The lowest BCUT2D eigenvalue weighted by molar-refractivity contribution is -0.150. The summed E-state index contributed by atoms with van der Waals surface area (Å²) in [5, 5.41) is 9.17. The summed E-state index contributed by atoms with van der Waals surface area (Å²) in [7, 11) is 0. The van der Waals surface area contributed by atoms with Gasteiger partial charge in [-0.2, -0.15) is 0 Å². The number of amides is 1. The monoisotopic (exact) mass is 305 g/mol. The molecule has 1 N–H and O–H groups in total. The number of carboxylic acids is 1. The van der Waals surface area contributed by atoms with Gasteiger partial charge in [-0.3, -0.25) is 4.79 Å². The summed E-state index contributed by atoms with van der Waals surface area (Å²) in [6.45, 7) is 6.34. The minimum absolute atomic E-state index is 0.264. The van der Waals surface area contributed by atoms with Crippen molar-refractivity contribution in [2.45, 2.75) is 51.7 Å². The van der Waals surface area contributed by atoms with Crippen molar-refractivity contribution in [2.24, 2.45) is 0 Å². The Labute approximate surface area is 130 Å². The molecule has 120 valence electrons. The van der Waals surface area contributed by atoms with Crippen molar-refractivity contribution in [1.82, 2.24) is 4.90 Å². The lowest BCUT2D eigenvalue weighted by Gasteiger charge is -2.25. The van der Waals surface area contributed by atoms with E-state index in [4.69, 9.17) is 9.84 Å². The molecule has 1 aliphatic heterocycles. The first-order valence-electron chi connectivity index (χ1n) is 7.70. The second-order valence-electron chi connectivity index (χ2n) is 6.02. The average Bonchev–Trinajstić information content (AvgIpc) is 2.96. The van der Waals surface area contributed by atoms with Crippen molar-refractivity contribution < 1.29 is 19.4 Å². The standard InChI is InChI=1S/C17H23NO4/c1-11(2)13-6-4-7-14(10-13)22-12(3)16(19)18-9-5-8-15(18)17(20)21/h4,6-7,10-12,15H,5,8-9H2,1-3H3,(H,20,21)/t12?,15-/m0/s1. The fourth-order valence-electron chi connectivity index (χ4n) is 2.72. The van der Waals surface area contributed by atoms with Crippen molar-refractivity contribution in [3.05, 3.63) is 29.8 Å². The van der Waals surface area contributed by atoms with E-state index in [0.717, 1.165) is 12.0 Å². The number of carbonyl (C=O) groups excluding carboxylic acids is 1. The number of rotatable bonds is 5. The van der Waals surface area contributed by atoms with Crippen LogP contribution in [0.3, 0.4) is 0 Å². The molecular weight excluding hydrogens is 282 g/mol. The van der Waals surface area contributed by atoms with Gasteiger partial charge in [-0.15, -0.1) is 0 Å². The van der Waals surface area contributed by atoms with Crippen LogP contribution in [0, 0.1) is 0 Å². The Balaban J connectivity index is 2.05. The zero-order valence-electron chi connectivity index (χ0n) is 13.3. The first-order chi connectivity index (χ1) is 10.4. The Morgan fingerprint density at radius 3 is 2.68 bits per heavy atom. The number of hydrogen-bond donors (Lipinski definition) is 1.